The topological polar surface area (TPSA) is 64.3 Å². The number of nitrogens with one attached hydrogen (secondary N) is 1. The van der Waals surface area contributed by atoms with E-state index in [1.54, 1.807) is 6.07 Å². The van der Waals surface area contributed by atoms with Crippen LogP contribution < -0.4 is 11.1 Å². The smallest absolute Gasteiger partial charge is 0.226 e. The van der Waals surface area contributed by atoms with E-state index in [0.29, 0.717) is 31.0 Å². The number of aryl methyl sites for hydroxylation is 1. The molecule has 0 aliphatic heterocycles. The molecule has 4 nitrogen and oxygen atoms in total. The Morgan fingerprint density at radius 2 is 2.17 bits per heavy atom. The first-order valence-electron chi connectivity index (χ1n) is 5.97. The van der Waals surface area contributed by atoms with Gasteiger partial charge in [0.2, 0.25) is 5.91 Å². The van der Waals surface area contributed by atoms with Crippen LogP contribution in [0.4, 0.5) is 11.4 Å². The maximum Gasteiger partial charge on any atom is 0.226 e. The molecule has 0 aromatic heterocycles. The first-order chi connectivity index (χ1) is 8.54. The van der Waals surface area contributed by atoms with Gasteiger partial charge in [-0.15, -0.1) is 0 Å². The van der Waals surface area contributed by atoms with Gasteiger partial charge in [0, 0.05) is 16.8 Å². The fraction of sp³-hybridized carbons (Fsp3) is 0.462. The van der Waals surface area contributed by atoms with Crippen molar-refractivity contribution in [3.05, 3.63) is 22.2 Å². The standard InChI is InChI=1S/C13H19BrN2O2/c1-3-5-18-6-4-13(17)16-12-8-11(15)9(2)7-10(12)14/h7-8H,3-6,15H2,1-2H3,(H,16,17). The molecule has 0 aliphatic rings. The number of carbonyl (C=O) groups excluding carboxylic acids is 1. The Bertz CT molecular complexity index is 422. The highest BCUT2D eigenvalue weighted by atomic mass is 79.9. The number of hydrogen-bond donors (Lipinski definition) is 2. The Balaban J connectivity index is 2.51. The monoisotopic (exact) mass is 314 g/mol. The molecule has 1 amide bonds. The number of nitrogen functional groups attached to an aromatic ring is 1. The molecule has 0 heterocycles. The Morgan fingerprint density at radius 3 is 2.83 bits per heavy atom. The average Bonchev–Trinajstić information content (AvgIpc) is 2.32. The quantitative estimate of drug-likeness (QED) is 0.626. The van der Waals surface area contributed by atoms with Crippen molar-refractivity contribution >= 4 is 33.2 Å². The second-order valence-corrected chi connectivity index (χ2v) is 4.95. The van der Waals surface area contributed by atoms with Crippen LogP contribution in [0.5, 0.6) is 0 Å². The molecule has 0 fully saturated rings. The van der Waals surface area contributed by atoms with E-state index < -0.39 is 0 Å². The van der Waals surface area contributed by atoms with Gasteiger partial charge in [-0.25, -0.2) is 0 Å². The van der Waals surface area contributed by atoms with Crippen LogP contribution in [-0.2, 0) is 9.53 Å². The maximum absolute atomic E-state index is 11.7. The van der Waals surface area contributed by atoms with Crippen molar-refractivity contribution in [2.75, 3.05) is 24.3 Å². The number of amides is 1. The van der Waals surface area contributed by atoms with Crippen LogP contribution in [0.3, 0.4) is 0 Å². The van der Waals surface area contributed by atoms with E-state index in [0.717, 1.165) is 16.5 Å². The second kappa shape index (κ2) is 7.38. The summed E-state index contributed by atoms with van der Waals surface area (Å²) in [5.74, 6) is -0.0740. The van der Waals surface area contributed by atoms with Crippen molar-refractivity contribution in [3.63, 3.8) is 0 Å². The lowest BCUT2D eigenvalue weighted by Crippen LogP contribution is -2.15. The van der Waals surface area contributed by atoms with Crippen molar-refractivity contribution in [2.24, 2.45) is 0 Å². The Kier molecular flexibility index (Phi) is 6.15. The fourth-order valence-corrected chi connectivity index (χ4v) is 1.97. The number of rotatable bonds is 6. The van der Waals surface area contributed by atoms with E-state index in [4.69, 9.17) is 10.5 Å². The van der Waals surface area contributed by atoms with Gasteiger partial charge in [0.05, 0.1) is 18.7 Å². The molecule has 0 spiro atoms. The normalized spacial score (nSPS) is 10.4. The van der Waals surface area contributed by atoms with Crippen molar-refractivity contribution in [1.82, 2.24) is 0 Å². The molecular formula is C13H19BrN2O2. The van der Waals surface area contributed by atoms with E-state index in [-0.39, 0.29) is 5.91 Å². The highest BCUT2D eigenvalue weighted by Gasteiger charge is 2.07. The van der Waals surface area contributed by atoms with Gasteiger partial charge in [-0.05, 0) is 47.0 Å². The van der Waals surface area contributed by atoms with E-state index in [2.05, 4.69) is 21.2 Å². The van der Waals surface area contributed by atoms with Crippen LogP contribution >= 0.6 is 15.9 Å². The molecule has 0 aliphatic carbocycles. The molecule has 0 unspecified atom stereocenters. The molecule has 100 valence electrons. The lowest BCUT2D eigenvalue weighted by molar-refractivity contribution is -0.117. The lowest BCUT2D eigenvalue weighted by Gasteiger charge is -2.10. The third kappa shape index (κ3) is 4.66. The average molecular weight is 315 g/mol. The van der Waals surface area contributed by atoms with Gasteiger partial charge in [-0.1, -0.05) is 6.92 Å². The summed E-state index contributed by atoms with van der Waals surface area (Å²) in [5.41, 5.74) is 8.14. The Hall–Kier alpha value is -1.07. The van der Waals surface area contributed by atoms with Gasteiger partial charge in [-0.3, -0.25) is 4.79 Å². The van der Waals surface area contributed by atoms with Crippen LogP contribution in [-0.4, -0.2) is 19.1 Å². The number of nitrogens with two attached hydrogens (primary N) is 1. The first kappa shape index (κ1) is 15.0. The summed E-state index contributed by atoms with van der Waals surface area (Å²) < 4.78 is 6.10. The van der Waals surface area contributed by atoms with Gasteiger partial charge in [-0.2, -0.15) is 0 Å². The highest BCUT2D eigenvalue weighted by Crippen LogP contribution is 2.27. The van der Waals surface area contributed by atoms with Crippen molar-refractivity contribution in [3.8, 4) is 0 Å². The van der Waals surface area contributed by atoms with Crippen LogP contribution in [0, 0.1) is 6.92 Å². The van der Waals surface area contributed by atoms with Crippen molar-refractivity contribution in [2.45, 2.75) is 26.7 Å². The molecular weight excluding hydrogens is 296 g/mol. The molecule has 0 saturated heterocycles. The van der Waals surface area contributed by atoms with E-state index in [1.165, 1.54) is 0 Å². The van der Waals surface area contributed by atoms with Gasteiger partial charge >= 0.3 is 0 Å². The molecule has 0 saturated carbocycles. The minimum atomic E-state index is -0.0740. The van der Waals surface area contributed by atoms with Crippen LogP contribution in [0.15, 0.2) is 16.6 Å². The Morgan fingerprint density at radius 1 is 1.44 bits per heavy atom. The lowest BCUT2D eigenvalue weighted by atomic mass is 10.2. The zero-order chi connectivity index (χ0) is 13.5. The van der Waals surface area contributed by atoms with E-state index in [9.17, 15) is 4.79 Å². The third-order valence-electron chi connectivity index (χ3n) is 2.45. The number of ether oxygens (including phenoxy) is 1. The number of carbonyl (C=O) groups is 1. The largest absolute Gasteiger partial charge is 0.398 e. The minimum Gasteiger partial charge on any atom is -0.398 e. The molecule has 5 heteroatoms. The summed E-state index contributed by atoms with van der Waals surface area (Å²) >= 11 is 3.40. The van der Waals surface area contributed by atoms with Crippen LogP contribution in [0.1, 0.15) is 25.3 Å². The van der Waals surface area contributed by atoms with Crippen LogP contribution in [0.25, 0.3) is 0 Å². The maximum atomic E-state index is 11.7. The summed E-state index contributed by atoms with van der Waals surface area (Å²) in [6.07, 6.45) is 1.31. The first-order valence-corrected chi connectivity index (χ1v) is 6.77. The summed E-state index contributed by atoms with van der Waals surface area (Å²) in [7, 11) is 0. The second-order valence-electron chi connectivity index (χ2n) is 4.10. The molecule has 1 aromatic rings. The van der Waals surface area contributed by atoms with Gasteiger partial charge in [0.15, 0.2) is 0 Å². The molecule has 3 N–H and O–H groups in total. The van der Waals surface area contributed by atoms with Gasteiger partial charge in [0.25, 0.3) is 0 Å². The Labute approximate surface area is 116 Å². The predicted molar refractivity (Wildman–Crippen MR) is 77.6 cm³/mol. The number of anilines is 2. The molecule has 0 bridgehead atoms. The summed E-state index contributed by atoms with van der Waals surface area (Å²) in [5, 5.41) is 2.81. The predicted octanol–water partition coefficient (Wildman–Crippen LogP) is 3.09. The molecule has 0 atom stereocenters. The molecule has 1 rings (SSSR count). The van der Waals surface area contributed by atoms with Crippen LogP contribution in [0.2, 0.25) is 0 Å². The van der Waals surface area contributed by atoms with E-state index >= 15 is 0 Å². The summed E-state index contributed by atoms with van der Waals surface area (Å²) in [6.45, 7) is 5.09. The summed E-state index contributed by atoms with van der Waals surface area (Å²) in [6, 6.07) is 3.64. The minimum absolute atomic E-state index is 0.0740. The molecule has 18 heavy (non-hydrogen) atoms. The van der Waals surface area contributed by atoms with E-state index in [1.807, 2.05) is 19.9 Å². The SMILES string of the molecule is CCCOCCC(=O)Nc1cc(N)c(C)cc1Br. The van der Waals surface area contributed by atoms with Crippen molar-refractivity contribution in [1.29, 1.82) is 0 Å². The van der Waals surface area contributed by atoms with Gasteiger partial charge < -0.3 is 15.8 Å². The zero-order valence-electron chi connectivity index (χ0n) is 10.8. The number of halogens is 1. The highest BCUT2D eigenvalue weighted by molar-refractivity contribution is 9.10. The van der Waals surface area contributed by atoms with Gasteiger partial charge in [0.1, 0.15) is 0 Å². The summed E-state index contributed by atoms with van der Waals surface area (Å²) in [4.78, 5) is 11.7. The molecule has 0 radical (unpaired) electrons. The van der Waals surface area contributed by atoms with Crippen molar-refractivity contribution < 1.29 is 9.53 Å². The third-order valence-corrected chi connectivity index (χ3v) is 3.11. The number of benzene rings is 1. The zero-order valence-corrected chi connectivity index (χ0v) is 12.3. The number of hydrogen-bond acceptors (Lipinski definition) is 3. The molecule has 1 aromatic carbocycles. The fourth-order valence-electron chi connectivity index (χ4n) is 1.41.